The summed E-state index contributed by atoms with van der Waals surface area (Å²) in [6.07, 6.45) is 1.42. The smallest absolute Gasteiger partial charge is 0.243 e. The van der Waals surface area contributed by atoms with Crippen LogP contribution in [0.5, 0.6) is 0 Å². The molecule has 0 atom stereocenters. The zero-order chi connectivity index (χ0) is 17.6. The molecule has 1 heterocycles. The number of aryl methyl sites for hydroxylation is 1. The van der Waals surface area contributed by atoms with E-state index in [1.54, 1.807) is 7.11 Å². The van der Waals surface area contributed by atoms with Gasteiger partial charge >= 0.3 is 0 Å². The van der Waals surface area contributed by atoms with Crippen LogP contribution >= 0.6 is 28.3 Å². The minimum atomic E-state index is -0.548. The Morgan fingerprint density at radius 3 is 2.60 bits per heavy atom. The van der Waals surface area contributed by atoms with Crippen LogP contribution in [-0.4, -0.2) is 45.2 Å². The summed E-state index contributed by atoms with van der Waals surface area (Å²) in [7, 11) is 1.60. The number of hydrogen-bond donors (Lipinski definition) is 3. The molecule has 0 aliphatic carbocycles. The second-order valence-corrected chi connectivity index (χ2v) is 7.07. The fraction of sp³-hybridized carbons (Fsp3) is 0.529. The summed E-state index contributed by atoms with van der Waals surface area (Å²) >= 11 is 3.39. The van der Waals surface area contributed by atoms with Gasteiger partial charge in [0.1, 0.15) is 0 Å². The van der Waals surface area contributed by atoms with Crippen molar-refractivity contribution in [2.75, 3.05) is 38.7 Å². The number of carbonyl (C=O) groups is 2. The number of hydrogen-bond acceptors (Lipinski definition) is 4. The number of anilines is 1. The van der Waals surface area contributed by atoms with Crippen LogP contribution in [0, 0.1) is 12.3 Å². The Kier molecular flexibility index (Phi) is 8.85. The minimum absolute atomic E-state index is 0. The molecule has 0 spiro atoms. The van der Waals surface area contributed by atoms with Gasteiger partial charge in [-0.1, -0.05) is 15.9 Å². The maximum Gasteiger partial charge on any atom is 0.243 e. The van der Waals surface area contributed by atoms with E-state index in [4.69, 9.17) is 4.74 Å². The van der Waals surface area contributed by atoms with Crippen LogP contribution in [0.3, 0.4) is 0 Å². The van der Waals surface area contributed by atoms with Crippen LogP contribution in [0.2, 0.25) is 0 Å². The molecule has 0 bridgehead atoms. The summed E-state index contributed by atoms with van der Waals surface area (Å²) in [5.41, 5.74) is 1.15. The van der Waals surface area contributed by atoms with Gasteiger partial charge in [0.05, 0.1) is 18.6 Å². The topological polar surface area (TPSA) is 79.5 Å². The maximum atomic E-state index is 12.6. The number of halogens is 2. The molecule has 1 aromatic rings. The van der Waals surface area contributed by atoms with E-state index in [1.807, 2.05) is 25.1 Å². The lowest BCUT2D eigenvalue weighted by Gasteiger charge is -2.35. The maximum absolute atomic E-state index is 12.6. The van der Waals surface area contributed by atoms with Crippen molar-refractivity contribution < 1.29 is 14.3 Å². The predicted octanol–water partition coefficient (Wildman–Crippen LogP) is 2.25. The minimum Gasteiger partial charge on any atom is -0.384 e. The van der Waals surface area contributed by atoms with Crippen LogP contribution in [0.15, 0.2) is 22.7 Å². The number of carbonyl (C=O) groups excluding carboxylic acids is 2. The summed E-state index contributed by atoms with van der Waals surface area (Å²) in [4.78, 5) is 24.7. The fourth-order valence-corrected chi connectivity index (χ4v) is 3.40. The first-order valence-corrected chi connectivity index (χ1v) is 8.80. The molecule has 140 valence electrons. The molecular formula is C17H25BrClN3O3. The Balaban J connectivity index is 0.00000312. The highest BCUT2D eigenvalue weighted by atomic mass is 79.9. The van der Waals surface area contributed by atoms with E-state index in [9.17, 15) is 9.59 Å². The zero-order valence-electron chi connectivity index (χ0n) is 14.5. The number of benzene rings is 1. The first-order chi connectivity index (χ1) is 11.5. The van der Waals surface area contributed by atoms with Gasteiger partial charge in [0, 0.05) is 17.3 Å². The Hall–Kier alpha value is -1.15. The van der Waals surface area contributed by atoms with E-state index in [0.717, 1.165) is 28.8 Å². The highest BCUT2D eigenvalue weighted by Crippen LogP contribution is 2.29. The van der Waals surface area contributed by atoms with Gasteiger partial charge in [0.2, 0.25) is 11.8 Å². The Labute approximate surface area is 163 Å². The fourth-order valence-electron chi connectivity index (χ4n) is 2.93. The highest BCUT2D eigenvalue weighted by molar-refractivity contribution is 9.10. The van der Waals surface area contributed by atoms with E-state index in [0.29, 0.717) is 19.4 Å². The number of rotatable bonds is 6. The highest BCUT2D eigenvalue weighted by Gasteiger charge is 2.39. The Morgan fingerprint density at radius 1 is 1.32 bits per heavy atom. The largest absolute Gasteiger partial charge is 0.384 e. The molecule has 25 heavy (non-hydrogen) atoms. The molecule has 1 saturated heterocycles. The lowest BCUT2D eigenvalue weighted by molar-refractivity contribution is -0.137. The molecule has 1 fully saturated rings. The Morgan fingerprint density at radius 2 is 2.00 bits per heavy atom. The van der Waals surface area contributed by atoms with Crippen LogP contribution in [-0.2, 0) is 14.3 Å². The number of nitrogens with one attached hydrogen (secondary N) is 3. The van der Waals surface area contributed by atoms with Gasteiger partial charge in [-0.2, -0.15) is 0 Å². The first kappa shape index (κ1) is 21.9. The van der Waals surface area contributed by atoms with Gasteiger partial charge in [0.15, 0.2) is 0 Å². The number of ether oxygens (including phenoxy) is 1. The summed E-state index contributed by atoms with van der Waals surface area (Å²) < 4.78 is 6.20. The summed E-state index contributed by atoms with van der Waals surface area (Å²) in [6.45, 7) is 3.80. The van der Waals surface area contributed by atoms with Gasteiger partial charge in [-0.3, -0.25) is 9.59 Å². The van der Waals surface area contributed by atoms with Gasteiger partial charge in [0.25, 0.3) is 0 Å². The van der Waals surface area contributed by atoms with Gasteiger partial charge < -0.3 is 20.7 Å². The molecular weight excluding hydrogens is 410 g/mol. The molecule has 0 saturated carbocycles. The van der Waals surface area contributed by atoms with Crippen LogP contribution in [0.25, 0.3) is 0 Å². The average Bonchev–Trinajstić information content (AvgIpc) is 2.56. The molecule has 2 rings (SSSR count). The lowest BCUT2D eigenvalue weighted by Crippen LogP contribution is -2.51. The second kappa shape index (κ2) is 10.1. The number of amides is 2. The van der Waals surface area contributed by atoms with Crippen molar-refractivity contribution in [3.8, 4) is 0 Å². The number of methoxy groups -OCH3 is 1. The van der Waals surface area contributed by atoms with E-state index >= 15 is 0 Å². The third-order valence-corrected chi connectivity index (χ3v) is 4.83. The monoisotopic (exact) mass is 433 g/mol. The van der Waals surface area contributed by atoms with Crippen LogP contribution in [0.1, 0.15) is 18.4 Å². The molecule has 0 aromatic heterocycles. The van der Waals surface area contributed by atoms with Crippen molar-refractivity contribution in [1.82, 2.24) is 10.6 Å². The second-order valence-electron chi connectivity index (χ2n) is 6.15. The van der Waals surface area contributed by atoms with Crippen molar-refractivity contribution >= 4 is 45.8 Å². The van der Waals surface area contributed by atoms with Crippen LogP contribution in [0.4, 0.5) is 5.69 Å². The molecule has 6 nitrogen and oxygen atoms in total. The van der Waals surface area contributed by atoms with E-state index < -0.39 is 5.41 Å². The normalized spacial score (nSPS) is 15.8. The third-order valence-electron chi connectivity index (χ3n) is 4.34. The molecule has 3 N–H and O–H groups in total. The average molecular weight is 435 g/mol. The predicted molar refractivity (Wildman–Crippen MR) is 104 cm³/mol. The summed E-state index contributed by atoms with van der Waals surface area (Å²) in [5.74, 6) is -0.358. The lowest BCUT2D eigenvalue weighted by atomic mass is 9.78. The molecule has 2 amide bonds. The zero-order valence-corrected chi connectivity index (χ0v) is 16.9. The molecule has 0 radical (unpaired) electrons. The first-order valence-electron chi connectivity index (χ1n) is 8.01. The van der Waals surface area contributed by atoms with Crippen molar-refractivity contribution in [1.29, 1.82) is 0 Å². The van der Waals surface area contributed by atoms with Crippen molar-refractivity contribution in [3.05, 3.63) is 28.2 Å². The quantitative estimate of drug-likeness (QED) is 0.641. The van der Waals surface area contributed by atoms with Crippen molar-refractivity contribution in [2.24, 2.45) is 5.41 Å². The van der Waals surface area contributed by atoms with Gasteiger partial charge in [-0.25, -0.2) is 0 Å². The Bertz CT molecular complexity index is 601. The van der Waals surface area contributed by atoms with Crippen molar-refractivity contribution in [3.63, 3.8) is 0 Å². The third kappa shape index (κ3) is 5.95. The molecule has 1 aliphatic rings. The van der Waals surface area contributed by atoms with E-state index in [2.05, 4.69) is 31.9 Å². The van der Waals surface area contributed by atoms with Crippen LogP contribution < -0.4 is 16.0 Å². The molecule has 0 unspecified atom stereocenters. The molecule has 1 aliphatic heterocycles. The summed E-state index contributed by atoms with van der Waals surface area (Å²) in [6, 6.07) is 5.62. The summed E-state index contributed by atoms with van der Waals surface area (Å²) in [5, 5.41) is 8.83. The van der Waals surface area contributed by atoms with Gasteiger partial charge in [-0.15, -0.1) is 12.4 Å². The SMILES string of the molecule is COCC1(C(=O)NCC(=O)Nc2ccc(Br)cc2C)CCNCC1.Cl. The number of piperidine rings is 1. The van der Waals surface area contributed by atoms with Gasteiger partial charge in [-0.05, 0) is 56.6 Å². The van der Waals surface area contributed by atoms with E-state index in [1.165, 1.54) is 0 Å². The standard InChI is InChI=1S/C17H24BrN3O3.ClH/c1-12-9-13(18)3-4-14(12)21-15(22)10-20-16(23)17(11-24-2)5-7-19-8-6-17;/h3-4,9,19H,5-8,10-11H2,1-2H3,(H,20,23)(H,21,22);1H. The van der Waals surface area contributed by atoms with Crippen molar-refractivity contribution in [2.45, 2.75) is 19.8 Å². The molecule has 1 aromatic carbocycles. The molecule has 8 heteroatoms. The van der Waals surface area contributed by atoms with E-state index in [-0.39, 0.29) is 30.8 Å².